The van der Waals surface area contributed by atoms with Crippen LogP contribution in [0.1, 0.15) is 40.5 Å². The zero-order valence-electron chi connectivity index (χ0n) is 10.8. The third-order valence-electron chi connectivity index (χ3n) is 2.73. The number of rotatable bonds is 8. The van der Waals surface area contributed by atoms with Crippen molar-refractivity contribution in [3.05, 3.63) is 0 Å². The van der Waals surface area contributed by atoms with Gasteiger partial charge in [-0.3, -0.25) is 0 Å². The van der Waals surface area contributed by atoms with Crippen molar-refractivity contribution in [2.75, 3.05) is 18.8 Å². The van der Waals surface area contributed by atoms with Crippen molar-refractivity contribution >= 4 is 9.84 Å². The first-order valence-electron chi connectivity index (χ1n) is 5.86. The van der Waals surface area contributed by atoms with Gasteiger partial charge >= 0.3 is 0 Å². The van der Waals surface area contributed by atoms with Gasteiger partial charge < -0.3 is 10.4 Å². The quantitative estimate of drug-likeness (QED) is 0.630. The molecule has 0 amide bonds. The van der Waals surface area contributed by atoms with Crippen LogP contribution < -0.4 is 5.32 Å². The highest BCUT2D eigenvalue weighted by Crippen LogP contribution is 2.16. The standard InChI is InChI=1S/C11H25NO3S/c1-5-12-8-6-11(4,13)7-9-16(14,15)10(2)3/h10,12-13H,5-9H2,1-4H3. The molecule has 0 aliphatic carbocycles. The minimum absolute atomic E-state index is 0.0593. The summed E-state index contributed by atoms with van der Waals surface area (Å²) >= 11 is 0. The van der Waals surface area contributed by atoms with Crippen molar-refractivity contribution in [2.24, 2.45) is 0 Å². The van der Waals surface area contributed by atoms with Gasteiger partial charge in [-0.2, -0.15) is 0 Å². The Balaban J connectivity index is 4.08. The molecule has 5 heteroatoms. The fraction of sp³-hybridized carbons (Fsp3) is 1.00. The van der Waals surface area contributed by atoms with Gasteiger partial charge in [-0.05, 0) is 46.7 Å². The highest BCUT2D eigenvalue weighted by Gasteiger charge is 2.24. The first-order valence-corrected chi connectivity index (χ1v) is 7.57. The average molecular weight is 251 g/mol. The highest BCUT2D eigenvalue weighted by molar-refractivity contribution is 7.91. The summed E-state index contributed by atoms with van der Waals surface area (Å²) in [4.78, 5) is 0. The lowest BCUT2D eigenvalue weighted by molar-refractivity contribution is 0.0481. The molecule has 4 nitrogen and oxygen atoms in total. The Hall–Kier alpha value is -0.130. The van der Waals surface area contributed by atoms with Crippen molar-refractivity contribution in [1.82, 2.24) is 5.32 Å². The van der Waals surface area contributed by atoms with Gasteiger partial charge in [0.2, 0.25) is 0 Å². The predicted molar refractivity (Wildman–Crippen MR) is 67.3 cm³/mol. The average Bonchev–Trinajstić information content (AvgIpc) is 2.15. The van der Waals surface area contributed by atoms with Crippen molar-refractivity contribution in [3.63, 3.8) is 0 Å². The normalized spacial score (nSPS) is 16.4. The van der Waals surface area contributed by atoms with Crippen LogP contribution >= 0.6 is 0 Å². The van der Waals surface area contributed by atoms with Gasteiger partial charge in [0.25, 0.3) is 0 Å². The number of hydrogen-bond acceptors (Lipinski definition) is 4. The first kappa shape index (κ1) is 15.9. The second-order valence-electron chi connectivity index (χ2n) is 4.77. The van der Waals surface area contributed by atoms with Crippen LogP contribution in [0.2, 0.25) is 0 Å². The summed E-state index contributed by atoms with van der Waals surface area (Å²) in [6.07, 6.45) is 0.882. The minimum atomic E-state index is -3.04. The summed E-state index contributed by atoms with van der Waals surface area (Å²) in [5, 5.41) is 12.7. The molecule has 0 fully saturated rings. The maximum Gasteiger partial charge on any atom is 0.152 e. The third-order valence-corrected chi connectivity index (χ3v) is 4.94. The van der Waals surface area contributed by atoms with E-state index < -0.39 is 15.4 Å². The monoisotopic (exact) mass is 251 g/mol. The molecule has 0 saturated heterocycles. The maximum absolute atomic E-state index is 11.6. The van der Waals surface area contributed by atoms with Crippen LogP contribution in [0.15, 0.2) is 0 Å². The van der Waals surface area contributed by atoms with Crippen molar-refractivity contribution in [3.8, 4) is 0 Å². The molecule has 2 N–H and O–H groups in total. The van der Waals surface area contributed by atoms with Crippen molar-refractivity contribution < 1.29 is 13.5 Å². The van der Waals surface area contributed by atoms with Crippen LogP contribution in [0.4, 0.5) is 0 Å². The Morgan fingerprint density at radius 1 is 1.31 bits per heavy atom. The van der Waals surface area contributed by atoms with Gasteiger partial charge in [0.1, 0.15) is 0 Å². The van der Waals surface area contributed by atoms with Gasteiger partial charge in [-0.25, -0.2) is 8.42 Å². The Kier molecular flexibility index (Phi) is 6.51. The molecule has 0 radical (unpaired) electrons. The fourth-order valence-electron chi connectivity index (χ4n) is 1.26. The molecule has 0 heterocycles. The van der Waals surface area contributed by atoms with Crippen LogP contribution in [-0.2, 0) is 9.84 Å². The third kappa shape index (κ3) is 6.45. The summed E-state index contributed by atoms with van der Waals surface area (Å²) in [5.41, 5.74) is -0.899. The van der Waals surface area contributed by atoms with Crippen LogP contribution in [-0.4, -0.2) is 43.2 Å². The van der Waals surface area contributed by atoms with E-state index in [9.17, 15) is 13.5 Å². The molecule has 98 valence electrons. The molecule has 0 spiro atoms. The molecule has 0 aromatic heterocycles. The minimum Gasteiger partial charge on any atom is -0.390 e. The molecular formula is C11H25NO3S. The number of aliphatic hydroxyl groups is 1. The van der Waals surface area contributed by atoms with Gasteiger partial charge in [-0.1, -0.05) is 6.92 Å². The number of sulfone groups is 1. The zero-order valence-corrected chi connectivity index (χ0v) is 11.6. The van der Waals surface area contributed by atoms with Gasteiger partial charge in [0.15, 0.2) is 9.84 Å². The first-order chi connectivity index (χ1) is 7.21. The van der Waals surface area contributed by atoms with E-state index in [2.05, 4.69) is 5.32 Å². The molecule has 16 heavy (non-hydrogen) atoms. The number of hydrogen-bond donors (Lipinski definition) is 2. The Labute approximate surface area is 99.4 Å². The van der Waals surface area contributed by atoms with Crippen LogP contribution in [0.5, 0.6) is 0 Å². The molecule has 0 bridgehead atoms. The van der Waals surface area contributed by atoms with E-state index >= 15 is 0 Å². The molecule has 0 aromatic carbocycles. The van der Waals surface area contributed by atoms with Gasteiger partial charge in [0, 0.05) is 0 Å². The molecular weight excluding hydrogens is 226 g/mol. The summed E-state index contributed by atoms with van der Waals surface area (Å²) in [7, 11) is -3.04. The molecule has 0 saturated carbocycles. The van der Waals surface area contributed by atoms with E-state index in [0.717, 1.165) is 6.54 Å². The van der Waals surface area contributed by atoms with E-state index in [0.29, 0.717) is 19.4 Å². The molecule has 0 aliphatic rings. The van der Waals surface area contributed by atoms with Crippen LogP contribution in [0.3, 0.4) is 0 Å². The molecule has 0 aliphatic heterocycles. The maximum atomic E-state index is 11.6. The van der Waals surface area contributed by atoms with Crippen LogP contribution in [0.25, 0.3) is 0 Å². The number of nitrogens with one attached hydrogen (secondary N) is 1. The Bertz CT molecular complexity index is 284. The molecule has 1 unspecified atom stereocenters. The van der Waals surface area contributed by atoms with Gasteiger partial charge in [0.05, 0.1) is 16.6 Å². The lowest BCUT2D eigenvalue weighted by atomic mass is 9.99. The zero-order chi connectivity index (χ0) is 12.8. The molecule has 0 rings (SSSR count). The second-order valence-corrected chi connectivity index (χ2v) is 7.44. The summed E-state index contributed by atoms with van der Waals surface area (Å²) < 4.78 is 23.2. The van der Waals surface area contributed by atoms with E-state index in [1.807, 2.05) is 6.92 Å². The highest BCUT2D eigenvalue weighted by atomic mass is 32.2. The van der Waals surface area contributed by atoms with Crippen molar-refractivity contribution in [1.29, 1.82) is 0 Å². The molecule has 0 aromatic rings. The topological polar surface area (TPSA) is 66.4 Å². The SMILES string of the molecule is CCNCCC(C)(O)CCS(=O)(=O)C(C)C. The lowest BCUT2D eigenvalue weighted by Gasteiger charge is -2.23. The fourth-order valence-corrected chi connectivity index (χ4v) is 2.45. The molecule has 1 atom stereocenters. The second kappa shape index (κ2) is 6.57. The lowest BCUT2D eigenvalue weighted by Crippen LogP contribution is -2.33. The van der Waals surface area contributed by atoms with E-state index in [-0.39, 0.29) is 11.0 Å². The van der Waals surface area contributed by atoms with Crippen LogP contribution in [0, 0.1) is 0 Å². The Morgan fingerprint density at radius 2 is 1.88 bits per heavy atom. The van der Waals surface area contributed by atoms with Crippen molar-refractivity contribution in [2.45, 2.75) is 51.4 Å². The summed E-state index contributed by atoms with van der Waals surface area (Å²) in [5.74, 6) is 0.0593. The smallest absolute Gasteiger partial charge is 0.152 e. The summed E-state index contributed by atoms with van der Waals surface area (Å²) in [6.45, 7) is 8.61. The Morgan fingerprint density at radius 3 is 2.31 bits per heavy atom. The summed E-state index contributed by atoms with van der Waals surface area (Å²) in [6, 6.07) is 0. The largest absolute Gasteiger partial charge is 0.390 e. The van der Waals surface area contributed by atoms with E-state index in [4.69, 9.17) is 0 Å². The predicted octanol–water partition coefficient (Wildman–Crippen LogP) is 0.950. The van der Waals surface area contributed by atoms with E-state index in [1.165, 1.54) is 0 Å². The van der Waals surface area contributed by atoms with Gasteiger partial charge in [-0.15, -0.1) is 0 Å². The van der Waals surface area contributed by atoms with E-state index in [1.54, 1.807) is 20.8 Å².